The Labute approximate surface area is 64.7 Å². The molecule has 0 fully saturated rings. The Hall–Kier alpha value is -0.830. The Balaban J connectivity index is 3.03. The Kier molecular flexibility index (Phi) is 2.06. The smallest absolute Gasteiger partial charge is 0.155 e. The SMILES string of the molecule is CN(C)c1cncnc1Cl. The summed E-state index contributed by atoms with van der Waals surface area (Å²) in [5.74, 6) is 0. The third-order valence-electron chi connectivity index (χ3n) is 1.13. The van der Waals surface area contributed by atoms with Crippen molar-refractivity contribution in [1.82, 2.24) is 9.97 Å². The van der Waals surface area contributed by atoms with E-state index in [1.165, 1.54) is 6.33 Å². The van der Waals surface area contributed by atoms with Crippen LogP contribution in [-0.2, 0) is 0 Å². The van der Waals surface area contributed by atoms with Gasteiger partial charge < -0.3 is 4.90 Å². The Morgan fingerprint density at radius 2 is 2.20 bits per heavy atom. The molecule has 0 aliphatic carbocycles. The van der Waals surface area contributed by atoms with E-state index in [4.69, 9.17) is 11.6 Å². The lowest BCUT2D eigenvalue weighted by atomic mass is 10.5. The maximum atomic E-state index is 5.73. The third-order valence-corrected chi connectivity index (χ3v) is 1.42. The molecule has 54 valence electrons. The molecule has 1 aromatic heterocycles. The molecule has 0 unspecified atom stereocenters. The summed E-state index contributed by atoms with van der Waals surface area (Å²) in [5, 5.41) is 0.486. The van der Waals surface area contributed by atoms with Crippen molar-refractivity contribution in [2.45, 2.75) is 0 Å². The van der Waals surface area contributed by atoms with Gasteiger partial charge in [-0.15, -0.1) is 0 Å². The molecule has 0 radical (unpaired) electrons. The van der Waals surface area contributed by atoms with Crippen LogP contribution in [0.3, 0.4) is 0 Å². The summed E-state index contributed by atoms with van der Waals surface area (Å²) in [7, 11) is 3.79. The molecule has 0 saturated heterocycles. The maximum Gasteiger partial charge on any atom is 0.155 e. The van der Waals surface area contributed by atoms with Crippen LogP contribution in [0.5, 0.6) is 0 Å². The molecular weight excluding hydrogens is 150 g/mol. The van der Waals surface area contributed by atoms with Gasteiger partial charge in [-0.25, -0.2) is 9.97 Å². The van der Waals surface area contributed by atoms with Gasteiger partial charge in [0, 0.05) is 14.1 Å². The number of aromatic nitrogens is 2. The quantitative estimate of drug-likeness (QED) is 0.574. The minimum atomic E-state index is 0.486. The molecule has 1 rings (SSSR count). The fraction of sp³-hybridized carbons (Fsp3) is 0.333. The van der Waals surface area contributed by atoms with Crippen LogP contribution >= 0.6 is 11.6 Å². The van der Waals surface area contributed by atoms with E-state index in [2.05, 4.69) is 9.97 Å². The van der Waals surface area contributed by atoms with Crippen molar-refractivity contribution < 1.29 is 0 Å². The average Bonchev–Trinajstić information content (AvgIpc) is 1.88. The van der Waals surface area contributed by atoms with E-state index in [0.717, 1.165) is 5.69 Å². The monoisotopic (exact) mass is 157 g/mol. The largest absolute Gasteiger partial charge is 0.374 e. The van der Waals surface area contributed by atoms with E-state index in [-0.39, 0.29) is 0 Å². The number of halogens is 1. The highest BCUT2D eigenvalue weighted by molar-refractivity contribution is 6.31. The van der Waals surface area contributed by atoms with E-state index >= 15 is 0 Å². The molecule has 0 aliphatic rings. The zero-order valence-corrected chi connectivity index (χ0v) is 6.63. The standard InChI is InChI=1S/C6H8ClN3/c1-10(2)5-3-8-4-9-6(5)7/h3-4H,1-2H3. The topological polar surface area (TPSA) is 29.0 Å². The van der Waals surface area contributed by atoms with Gasteiger partial charge in [-0.05, 0) is 0 Å². The predicted octanol–water partition coefficient (Wildman–Crippen LogP) is 1.20. The first-order valence-corrected chi connectivity index (χ1v) is 3.22. The van der Waals surface area contributed by atoms with Crippen molar-refractivity contribution in [3.05, 3.63) is 17.7 Å². The second-order valence-electron chi connectivity index (χ2n) is 2.09. The van der Waals surface area contributed by atoms with Gasteiger partial charge in [0.2, 0.25) is 0 Å². The molecule has 0 atom stereocenters. The highest BCUT2D eigenvalue weighted by Crippen LogP contribution is 2.18. The van der Waals surface area contributed by atoms with Crippen molar-refractivity contribution >= 4 is 17.3 Å². The third kappa shape index (κ3) is 1.36. The summed E-state index contributed by atoms with van der Waals surface area (Å²) in [6.45, 7) is 0. The van der Waals surface area contributed by atoms with Crippen LogP contribution in [0, 0.1) is 0 Å². The molecule has 0 spiro atoms. The number of anilines is 1. The Bertz CT molecular complexity index is 224. The molecular formula is C6H8ClN3. The van der Waals surface area contributed by atoms with Crippen molar-refractivity contribution in [2.24, 2.45) is 0 Å². The van der Waals surface area contributed by atoms with Crippen molar-refractivity contribution in [3.8, 4) is 0 Å². The molecule has 10 heavy (non-hydrogen) atoms. The lowest BCUT2D eigenvalue weighted by Gasteiger charge is -2.11. The molecule has 0 bridgehead atoms. The van der Waals surface area contributed by atoms with Crippen LogP contribution < -0.4 is 4.90 Å². The van der Waals surface area contributed by atoms with Crippen LogP contribution in [0.1, 0.15) is 0 Å². The lowest BCUT2D eigenvalue weighted by molar-refractivity contribution is 1.07. The predicted molar refractivity (Wildman–Crippen MR) is 41.4 cm³/mol. The summed E-state index contributed by atoms with van der Waals surface area (Å²) < 4.78 is 0. The normalized spacial score (nSPS) is 9.50. The Morgan fingerprint density at radius 1 is 1.50 bits per heavy atom. The van der Waals surface area contributed by atoms with Gasteiger partial charge in [-0.2, -0.15) is 0 Å². The van der Waals surface area contributed by atoms with Gasteiger partial charge in [0.25, 0.3) is 0 Å². The van der Waals surface area contributed by atoms with Crippen LogP contribution in [-0.4, -0.2) is 24.1 Å². The second kappa shape index (κ2) is 2.84. The fourth-order valence-corrected chi connectivity index (χ4v) is 0.869. The van der Waals surface area contributed by atoms with E-state index in [1.54, 1.807) is 6.20 Å². The molecule has 3 nitrogen and oxygen atoms in total. The molecule has 1 aromatic rings. The van der Waals surface area contributed by atoms with Gasteiger partial charge in [-0.3, -0.25) is 0 Å². The van der Waals surface area contributed by atoms with Gasteiger partial charge in [0.15, 0.2) is 5.15 Å². The van der Waals surface area contributed by atoms with Gasteiger partial charge >= 0.3 is 0 Å². The first kappa shape index (κ1) is 7.28. The van der Waals surface area contributed by atoms with Crippen molar-refractivity contribution in [2.75, 3.05) is 19.0 Å². The zero-order valence-electron chi connectivity index (χ0n) is 5.87. The first-order chi connectivity index (χ1) is 4.72. The van der Waals surface area contributed by atoms with Gasteiger partial charge in [0.1, 0.15) is 6.33 Å². The summed E-state index contributed by atoms with van der Waals surface area (Å²) in [6.07, 6.45) is 3.10. The van der Waals surface area contributed by atoms with Crippen LogP contribution in [0.2, 0.25) is 5.15 Å². The molecule has 0 aliphatic heterocycles. The highest BCUT2D eigenvalue weighted by atomic mass is 35.5. The van der Waals surface area contributed by atoms with E-state index < -0.39 is 0 Å². The molecule has 0 amide bonds. The summed E-state index contributed by atoms with van der Waals surface area (Å²) in [4.78, 5) is 9.51. The Morgan fingerprint density at radius 3 is 2.60 bits per heavy atom. The minimum Gasteiger partial charge on any atom is -0.374 e. The first-order valence-electron chi connectivity index (χ1n) is 2.84. The van der Waals surface area contributed by atoms with Gasteiger partial charge in [-0.1, -0.05) is 11.6 Å². The fourth-order valence-electron chi connectivity index (χ4n) is 0.607. The van der Waals surface area contributed by atoms with Crippen LogP contribution in [0.25, 0.3) is 0 Å². The minimum absolute atomic E-state index is 0.486. The number of nitrogens with zero attached hydrogens (tertiary/aromatic N) is 3. The second-order valence-corrected chi connectivity index (χ2v) is 2.45. The van der Waals surface area contributed by atoms with E-state index in [9.17, 15) is 0 Å². The number of rotatable bonds is 1. The average molecular weight is 158 g/mol. The number of hydrogen-bond acceptors (Lipinski definition) is 3. The number of hydrogen-bond donors (Lipinski definition) is 0. The van der Waals surface area contributed by atoms with Crippen molar-refractivity contribution in [3.63, 3.8) is 0 Å². The van der Waals surface area contributed by atoms with Gasteiger partial charge in [0.05, 0.1) is 11.9 Å². The van der Waals surface area contributed by atoms with E-state index in [0.29, 0.717) is 5.15 Å². The summed E-state index contributed by atoms with van der Waals surface area (Å²) >= 11 is 5.73. The van der Waals surface area contributed by atoms with Crippen LogP contribution in [0.15, 0.2) is 12.5 Å². The maximum absolute atomic E-state index is 5.73. The van der Waals surface area contributed by atoms with Crippen LogP contribution in [0.4, 0.5) is 5.69 Å². The summed E-state index contributed by atoms with van der Waals surface area (Å²) in [6, 6.07) is 0. The molecule has 4 heteroatoms. The lowest BCUT2D eigenvalue weighted by Crippen LogP contribution is -2.09. The highest BCUT2D eigenvalue weighted by Gasteiger charge is 2.00. The summed E-state index contributed by atoms with van der Waals surface area (Å²) in [5.41, 5.74) is 0.837. The molecule has 0 saturated carbocycles. The zero-order chi connectivity index (χ0) is 7.56. The van der Waals surface area contributed by atoms with E-state index in [1.807, 2.05) is 19.0 Å². The molecule has 0 aromatic carbocycles. The molecule has 1 heterocycles. The molecule has 0 N–H and O–H groups in total. The van der Waals surface area contributed by atoms with Crippen molar-refractivity contribution in [1.29, 1.82) is 0 Å².